The lowest BCUT2D eigenvalue weighted by Gasteiger charge is -2.06. The lowest BCUT2D eigenvalue weighted by Crippen LogP contribution is -2.07. The summed E-state index contributed by atoms with van der Waals surface area (Å²) in [5, 5.41) is 17.5. The maximum absolute atomic E-state index is 10.7. The Balaban J connectivity index is 2.16. The Morgan fingerprint density at radius 3 is 2.36 bits per heavy atom. The van der Waals surface area contributed by atoms with E-state index in [1.807, 2.05) is 0 Å². The molecule has 1 heterocycles. The first-order chi connectivity index (χ1) is 6.68. The summed E-state index contributed by atoms with van der Waals surface area (Å²) in [4.78, 5) is 10.7. The average molecular weight is 191 g/mol. The molecule has 2 rings (SSSR count). The minimum absolute atomic E-state index is 0.480. The smallest absolute Gasteiger partial charge is 0.310 e. The summed E-state index contributed by atoms with van der Waals surface area (Å²) >= 11 is 0. The zero-order valence-electron chi connectivity index (χ0n) is 7.58. The number of anilines is 1. The predicted molar refractivity (Wildman–Crippen MR) is 49.8 cm³/mol. The Morgan fingerprint density at radius 2 is 1.93 bits per heavy atom. The first-order valence-electron chi connectivity index (χ1n) is 4.23. The van der Waals surface area contributed by atoms with E-state index in [9.17, 15) is 4.79 Å². The molecule has 0 amide bonds. The second-order valence-corrected chi connectivity index (χ2v) is 3.12. The quantitative estimate of drug-likeness (QED) is 0.794. The van der Waals surface area contributed by atoms with E-state index in [2.05, 4.69) is 10.4 Å². The van der Waals surface area contributed by atoms with Gasteiger partial charge >= 0.3 is 5.97 Å². The average Bonchev–Trinajstić information content (AvgIpc) is 3.00. The van der Waals surface area contributed by atoms with Crippen LogP contribution in [0.25, 0.3) is 0 Å². The van der Waals surface area contributed by atoms with Gasteiger partial charge in [0.2, 0.25) is 0 Å². The molecule has 0 saturated heterocycles. The van der Waals surface area contributed by atoms with Crippen molar-refractivity contribution in [3.8, 4) is 0 Å². The molecule has 1 aliphatic rings. The summed E-state index contributed by atoms with van der Waals surface area (Å²) in [5.74, 6) is -1.30. The van der Waals surface area contributed by atoms with E-state index in [0.717, 1.165) is 11.3 Å². The molecule has 0 bridgehead atoms. The first-order valence-corrected chi connectivity index (χ1v) is 4.23. The largest absolute Gasteiger partial charge is 0.481 e. The normalized spacial score (nSPS) is 15.4. The number of hydrogen-bond donors (Lipinski definition) is 1. The Morgan fingerprint density at radius 1 is 1.36 bits per heavy atom. The molecule has 1 N–H and O–H groups in total. The fourth-order valence-electron chi connectivity index (χ4n) is 1.16. The summed E-state index contributed by atoms with van der Waals surface area (Å²) < 4.78 is 0. The summed E-state index contributed by atoms with van der Waals surface area (Å²) in [6, 6.07) is 7.15. The van der Waals surface area contributed by atoms with Crippen molar-refractivity contribution in [2.45, 2.75) is 12.8 Å². The highest BCUT2D eigenvalue weighted by Crippen LogP contribution is 2.25. The lowest BCUT2D eigenvalue weighted by atomic mass is 10.0. The molecule has 14 heavy (non-hydrogen) atoms. The van der Waals surface area contributed by atoms with Crippen LogP contribution in [0.3, 0.4) is 0 Å². The van der Waals surface area contributed by atoms with Crippen LogP contribution in [0, 0.1) is 0 Å². The van der Waals surface area contributed by atoms with Crippen LogP contribution in [-0.4, -0.2) is 11.1 Å². The number of carboxylic acids is 1. The van der Waals surface area contributed by atoms with Gasteiger partial charge in [-0.25, -0.2) is 0 Å². The standard InChI is InChI=1S/C9H9N3O2/c1-6(9(13)14)7-2-4-8(5-3-7)12-10-11-12/h2-6H,1H3,(H,13,14). The second-order valence-electron chi connectivity index (χ2n) is 3.12. The van der Waals surface area contributed by atoms with E-state index >= 15 is 0 Å². The molecule has 5 nitrogen and oxygen atoms in total. The second kappa shape index (κ2) is 3.10. The minimum Gasteiger partial charge on any atom is -0.481 e. The van der Waals surface area contributed by atoms with Gasteiger partial charge in [0.15, 0.2) is 0 Å². The third-order valence-corrected chi connectivity index (χ3v) is 2.17. The van der Waals surface area contributed by atoms with E-state index in [1.54, 1.807) is 31.2 Å². The van der Waals surface area contributed by atoms with E-state index in [0.29, 0.717) is 0 Å². The molecule has 1 aromatic rings. The van der Waals surface area contributed by atoms with Gasteiger partial charge in [-0.05, 0) is 35.1 Å². The monoisotopic (exact) mass is 191 g/mol. The van der Waals surface area contributed by atoms with Crippen LogP contribution in [0.2, 0.25) is 0 Å². The van der Waals surface area contributed by atoms with Gasteiger partial charge in [0.1, 0.15) is 0 Å². The van der Waals surface area contributed by atoms with Crippen LogP contribution in [0.5, 0.6) is 0 Å². The van der Waals surface area contributed by atoms with Crippen molar-refractivity contribution in [1.82, 2.24) is 0 Å². The van der Waals surface area contributed by atoms with Crippen LogP contribution < -0.4 is 5.12 Å². The molecule has 5 heteroatoms. The summed E-state index contributed by atoms with van der Waals surface area (Å²) in [5.41, 5.74) is 1.63. The van der Waals surface area contributed by atoms with Gasteiger partial charge in [0, 0.05) is 0 Å². The molecule has 1 aromatic carbocycles. The van der Waals surface area contributed by atoms with Gasteiger partial charge < -0.3 is 5.11 Å². The molecular formula is C9H9N3O2. The number of nitrogens with zero attached hydrogens (tertiary/aromatic N) is 3. The number of carbonyl (C=O) groups is 1. The van der Waals surface area contributed by atoms with Crippen molar-refractivity contribution < 1.29 is 9.90 Å². The highest BCUT2D eigenvalue weighted by atomic mass is 16.4. The van der Waals surface area contributed by atoms with Gasteiger partial charge in [0.25, 0.3) is 0 Å². The fraction of sp³-hybridized carbons (Fsp3) is 0.222. The molecular weight excluding hydrogens is 182 g/mol. The number of rotatable bonds is 3. The van der Waals surface area contributed by atoms with E-state index in [1.165, 1.54) is 5.12 Å². The third-order valence-electron chi connectivity index (χ3n) is 2.17. The van der Waals surface area contributed by atoms with Crippen LogP contribution in [0.4, 0.5) is 5.69 Å². The van der Waals surface area contributed by atoms with Crippen LogP contribution in [-0.2, 0) is 4.79 Å². The van der Waals surface area contributed by atoms with Crippen molar-refractivity contribution in [2.24, 2.45) is 10.4 Å². The first kappa shape index (κ1) is 8.68. The highest BCUT2D eigenvalue weighted by Gasteiger charge is 2.16. The Bertz CT molecular complexity index is 380. The molecule has 1 atom stereocenters. The van der Waals surface area contributed by atoms with Gasteiger partial charge in [0.05, 0.1) is 11.6 Å². The number of benzene rings is 1. The zero-order chi connectivity index (χ0) is 10.1. The molecule has 72 valence electrons. The Hall–Kier alpha value is -1.91. The Kier molecular flexibility index (Phi) is 1.92. The molecule has 0 aliphatic carbocycles. The lowest BCUT2D eigenvalue weighted by molar-refractivity contribution is -0.138. The molecule has 0 saturated carbocycles. The molecule has 0 aromatic heterocycles. The number of hydrogen-bond acceptors (Lipinski definition) is 4. The summed E-state index contributed by atoms with van der Waals surface area (Å²) in [6.45, 7) is 1.66. The van der Waals surface area contributed by atoms with Crippen LogP contribution in [0.1, 0.15) is 18.4 Å². The van der Waals surface area contributed by atoms with Gasteiger partial charge in [-0.2, -0.15) is 0 Å². The van der Waals surface area contributed by atoms with Crippen LogP contribution >= 0.6 is 0 Å². The van der Waals surface area contributed by atoms with Gasteiger partial charge in [-0.1, -0.05) is 12.1 Å². The Labute approximate surface area is 80.6 Å². The molecule has 1 unspecified atom stereocenters. The SMILES string of the molecule is CC(C(=O)O)c1ccc(N2N=N2)cc1. The van der Waals surface area contributed by atoms with Crippen molar-refractivity contribution in [1.29, 1.82) is 0 Å². The van der Waals surface area contributed by atoms with Crippen molar-refractivity contribution >= 4 is 11.7 Å². The molecule has 0 spiro atoms. The molecule has 1 aliphatic heterocycles. The molecule has 0 fully saturated rings. The summed E-state index contributed by atoms with van der Waals surface area (Å²) in [7, 11) is 0. The highest BCUT2D eigenvalue weighted by molar-refractivity contribution is 5.75. The summed E-state index contributed by atoms with van der Waals surface area (Å²) in [6.07, 6.45) is 0. The van der Waals surface area contributed by atoms with E-state index in [-0.39, 0.29) is 0 Å². The van der Waals surface area contributed by atoms with E-state index < -0.39 is 11.9 Å². The van der Waals surface area contributed by atoms with Crippen molar-refractivity contribution in [2.75, 3.05) is 5.12 Å². The topological polar surface area (TPSA) is 65.0 Å². The predicted octanol–water partition coefficient (Wildman–Crippen LogP) is 1.98. The van der Waals surface area contributed by atoms with E-state index in [4.69, 9.17) is 5.11 Å². The minimum atomic E-state index is -0.821. The fourth-order valence-corrected chi connectivity index (χ4v) is 1.16. The number of carboxylic acid groups (broad SMARTS) is 1. The van der Waals surface area contributed by atoms with Crippen molar-refractivity contribution in [3.05, 3.63) is 29.8 Å². The van der Waals surface area contributed by atoms with Gasteiger partial charge in [-0.15, -0.1) is 5.12 Å². The zero-order valence-corrected chi connectivity index (χ0v) is 7.58. The maximum atomic E-state index is 10.7. The van der Waals surface area contributed by atoms with Gasteiger partial charge in [-0.3, -0.25) is 4.79 Å². The molecule has 0 radical (unpaired) electrons. The maximum Gasteiger partial charge on any atom is 0.310 e. The number of aliphatic carboxylic acids is 1. The van der Waals surface area contributed by atoms with Crippen LogP contribution in [0.15, 0.2) is 34.7 Å². The van der Waals surface area contributed by atoms with Crippen molar-refractivity contribution in [3.63, 3.8) is 0 Å². The third kappa shape index (κ3) is 1.56.